The van der Waals surface area contributed by atoms with Gasteiger partial charge in [0, 0.05) is 10.2 Å². The number of halogens is 4. The Kier molecular flexibility index (Phi) is 4.39. The van der Waals surface area contributed by atoms with Gasteiger partial charge in [-0.2, -0.15) is 0 Å². The van der Waals surface area contributed by atoms with Crippen LogP contribution in [0.15, 0.2) is 34.9 Å². The van der Waals surface area contributed by atoms with Crippen molar-refractivity contribution in [2.24, 2.45) is 0 Å². The first-order chi connectivity index (χ1) is 8.97. The lowest BCUT2D eigenvalue weighted by molar-refractivity contribution is 0.102. The Hall–Kier alpha value is -1.17. The van der Waals surface area contributed by atoms with Crippen LogP contribution >= 0.6 is 39.1 Å². The van der Waals surface area contributed by atoms with Gasteiger partial charge in [-0.1, -0.05) is 23.2 Å². The molecule has 0 unspecified atom stereocenters. The van der Waals surface area contributed by atoms with Crippen molar-refractivity contribution in [3.63, 3.8) is 0 Å². The number of rotatable bonds is 2. The zero-order valence-corrected chi connectivity index (χ0v) is 12.4. The van der Waals surface area contributed by atoms with E-state index in [1.54, 1.807) is 18.2 Å². The van der Waals surface area contributed by atoms with Crippen LogP contribution in [0.25, 0.3) is 0 Å². The third-order valence-corrected chi connectivity index (χ3v) is 3.74. The molecule has 1 aromatic carbocycles. The molecule has 0 radical (unpaired) electrons. The lowest BCUT2D eigenvalue weighted by Crippen LogP contribution is -2.13. The summed E-state index contributed by atoms with van der Waals surface area (Å²) >= 11 is 14.8. The third-order valence-electron chi connectivity index (χ3n) is 2.23. The number of benzene rings is 1. The van der Waals surface area contributed by atoms with Crippen LogP contribution in [-0.2, 0) is 0 Å². The summed E-state index contributed by atoms with van der Waals surface area (Å²) in [4.78, 5) is 15.5. The lowest BCUT2D eigenvalue weighted by Gasteiger charge is -2.07. The molecule has 3 nitrogen and oxygen atoms in total. The smallest absolute Gasteiger partial charge is 0.258 e. The van der Waals surface area contributed by atoms with Crippen molar-refractivity contribution in [3.05, 3.63) is 56.5 Å². The Balaban J connectivity index is 2.25. The molecule has 1 amide bonds. The number of hydrogen-bond acceptors (Lipinski definition) is 2. The Labute approximate surface area is 126 Å². The van der Waals surface area contributed by atoms with Gasteiger partial charge in [0.25, 0.3) is 5.91 Å². The maximum atomic E-state index is 13.0. The van der Waals surface area contributed by atoms with Crippen LogP contribution in [0.1, 0.15) is 10.4 Å². The number of aromatic nitrogens is 1. The molecule has 0 saturated carbocycles. The van der Waals surface area contributed by atoms with Crippen molar-refractivity contribution in [1.29, 1.82) is 0 Å². The molecule has 2 rings (SSSR count). The van der Waals surface area contributed by atoms with Crippen LogP contribution < -0.4 is 5.32 Å². The van der Waals surface area contributed by atoms with Crippen LogP contribution in [0.3, 0.4) is 0 Å². The van der Waals surface area contributed by atoms with E-state index < -0.39 is 11.7 Å². The van der Waals surface area contributed by atoms with E-state index in [9.17, 15) is 9.18 Å². The van der Waals surface area contributed by atoms with E-state index in [-0.39, 0.29) is 10.7 Å². The number of nitrogens with zero attached hydrogens (tertiary/aromatic N) is 1. The highest BCUT2D eigenvalue weighted by Crippen LogP contribution is 2.26. The van der Waals surface area contributed by atoms with Crippen molar-refractivity contribution in [1.82, 2.24) is 4.98 Å². The molecule has 98 valence electrons. The molecule has 0 aliphatic carbocycles. The fraction of sp³-hybridized carbons (Fsp3) is 0. The van der Waals surface area contributed by atoms with Gasteiger partial charge in [0.2, 0.25) is 0 Å². The summed E-state index contributed by atoms with van der Waals surface area (Å²) in [6, 6.07) is 5.88. The van der Waals surface area contributed by atoms with Crippen LogP contribution in [-0.4, -0.2) is 10.9 Å². The largest absolute Gasteiger partial charge is 0.322 e. The van der Waals surface area contributed by atoms with Gasteiger partial charge in [0.05, 0.1) is 16.8 Å². The molecule has 0 aliphatic rings. The summed E-state index contributed by atoms with van der Waals surface area (Å²) in [5, 5.41) is 3.03. The first-order valence-electron chi connectivity index (χ1n) is 5.05. The highest BCUT2D eigenvalue weighted by atomic mass is 79.9. The zero-order chi connectivity index (χ0) is 14.0. The molecule has 0 bridgehead atoms. The summed E-state index contributed by atoms with van der Waals surface area (Å²) in [6.07, 6.45) is 0.942. The average molecular weight is 364 g/mol. The van der Waals surface area contributed by atoms with E-state index in [0.717, 1.165) is 12.3 Å². The molecule has 0 spiro atoms. The topological polar surface area (TPSA) is 42.0 Å². The molecule has 1 N–H and O–H groups in total. The average Bonchev–Trinajstić information content (AvgIpc) is 2.36. The molecule has 0 atom stereocenters. The maximum Gasteiger partial charge on any atom is 0.258 e. The van der Waals surface area contributed by atoms with Crippen molar-refractivity contribution < 1.29 is 9.18 Å². The molecule has 1 aromatic heterocycles. The van der Waals surface area contributed by atoms with Gasteiger partial charge in [-0.3, -0.25) is 4.79 Å². The molecular formula is C12H6BrCl2FN2O. The van der Waals surface area contributed by atoms with E-state index in [0.29, 0.717) is 15.2 Å². The second-order valence-corrected chi connectivity index (χ2v) is 5.19. The molecule has 0 aliphatic heterocycles. The highest BCUT2D eigenvalue weighted by molar-refractivity contribution is 9.10. The van der Waals surface area contributed by atoms with Gasteiger partial charge in [0.15, 0.2) is 0 Å². The van der Waals surface area contributed by atoms with Crippen LogP contribution in [0.5, 0.6) is 0 Å². The van der Waals surface area contributed by atoms with Crippen molar-refractivity contribution >= 4 is 50.7 Å². The van der Waals surface area contributed by atoms with E-state index in [4.69, 9.17) is 23.2 Å². The number of hydrogen-bond donors (Lipinski definition) is 1. The maximum absolute atomic E-state index is 13.0. The standard InChI is InChI=1S/C12H6BrCl2FN2O/c13-9-4-7(1-2-10(9)14)18-12(19)8-3-6(16)5-17-11(8)15/h1-5H,(H,18,19). The van der Waals surface area contributed by atoms with Crippen LogP contribution in [0, 0.1) is 5.82 Å². The Bertz CT molecular complexity index is 652. The molecule has 7 heteroatoms. The van der Waals surface area contributed by atoms with E-state index in [1.165, 1.54) is 0 Å². The predicted octanol–water partition coefficient (Wildman–Crippen LogP) is 4.54. The SMILES string of the molecule is O=C(Nc1ccc(Cl)c(Br)c1)c1cc(F)cnc1Cl. The Morgan fingerprint density at radius 2 is 2.05 bits per heavy atom. The second kappa shape index (κ2) is 5.86. The monoisotopic (exact) mass is 362 g/mol. The van der Waals surface area contributed by atoms with E-state index >= 15 is 0 Å². The summed E-state index contributed by atoms with van der Waals surface area (Å²) in [7, 11) is 0. The van der Waals surface area contributed by atoms with Gasteiger partial charge in [-0.05, 0) is 40.2 Å². The fourth-order valence-electron chi connectivity index (χ4n) is 1.35. The second-order valence-electron chi connectivity index (χ2n) is 3.57. The molecule has 19 heavy (non-hydrogen) atoms. The summed E-state index contributed by atoms with van der Waals surface area (Å²) in [5.74, 6) is -1.18. The molecule has 0 saturated heterocycles. The summed E-state index contributed by atoms with van der Waals surface area (Å²) < 4.78 is 13.7. The van der Waals surface area contributed by atoms with Crippen LogP contribution in [0.4, 0.5) is 10.1 Å². The number of anilines is 1. The quantitative estimate of drug-likeness (QED) is 0.795. The third kappa shape index (κ3) is 3.43. The van der Waals surface area contributed by atoms with E-state index in [1.807, 2.05) is 0 Å². The first kappa shape index (κ1) is 14.2. The lowest BCUT2D eigenvalue weighted by atomic mass is 10.2. The van der Waals surface area contributed by atoms with Crippen molar-refractivity contribution in [2.75, 3.05) is 5.32 Å². The summed E-state index contributed by atoms with van der Waals surface area (Å²) in [5.41, 5.74) is 0.467. The Morgan fingerprint density at radius 3 is 2.74 bits per heavy atom. The molecule has 1 heterocycles. The van der Waals surface area contributed by atoms with E-state index in [2.05, 4.69) is 26.2 Å². The number of amides is 1. The first-order valence-corrected chi connectivity index (χ1v) is 6.59. The highest BCUT2D eigenvalue weighted by Gasteiger charge is 2.13. The number of pyridine rings is 1. The van der Waals surface area contributed by atoms with Crippen LogP contribution in [0.2, 0.25) is 10.2 Å². The molecule has 0 fully saturated rings. The molecule has 2 aromatic rings. The van der Waals surface area contributed by atoms with Gasteiger partial charge in [-0.25, -0.2) is 9.37 Å². The molecular weight excluding hydrogens is 358 g/mol. The number of carbonyl (C=O) groups is 1. The minimum Gasteiger partial charge on any atom is -0.322 e. The van der Waals surface area contributed by atoms with Crippen molar-refractivity contribution in [2.45, 2.75) is 0 Å². The minimum absolute atomic E-state index is 0.0345. The zero-order valence-electron chi connectivity index (χ0n) is 9.25. The minimum atomic E-state index is -0.633. The fourth-order valence-corrected chi connectivity index (χ4v) is 2.04. The predicted molar refractivity (Wildman–Crippen MR) is 76.3 cm³/mol. The van der Waals surface area contributed by atoms with Gasteiger partial charge in [0.1, 0.15) is 11.0 Å². The summed E-state index contributed by atoms with van der Waals surface area (Å²) in [6.45, 7) is 0. The normalized spacial score (nSPS) is 10.3. The van der Waals surface area contributed by atoms with Crippen molar-refractivity contribution in [3.8, 4) is 0 Å². The van der Waals surface area contributed by atoms with Gasteiger partial charge in [-0.15, -0.1) is 0 Å². The Morgan fingerprint density at radius 1 is 1.32 bits per heavy atom. The number of carbonyl (C=O) groups excluding carboxylic acids is 1. The van der Waals surface area contributed by atoms with Gasteiger partial charge < -0.3 is 5.32 Å². The van der Waals surface area contributed by atoms with Gasteiger partial charge >= 0.3 is 0 Å². The number of nitrogens with one attached hydrogen (secondary N) is 1.